The van der Waals surface area contributed by atoms with Crippen LogP contribution < -0.4 is 4.90 Å². The lowest BCUT2D eigenvalue weighted by molar-refractivity contribution is -0.140. The van der Waals surface area contributed by atoms with Crippen LogP contribution in [0.1, 0.15) is 68.6 Å². The van der Waals surface area contributed by atoms with Crippen molar-refractivity contribution in [2.45, 2.75) is 58.5 Å². The number of halogens is 4. The van der Waals surface area contributed by atoms with Gasteiger partial charge in [-0.25, -0.2) is 4.39 Å². The van der Waals surface area contributed by atoms with Gasteiger partial charge in [0.1, 0.15) is 5.82 Å². The molecule has 7 heteroatoms. The fourth-order valence-corrected chi connectivity index (χ4v) is 3.89. The number of hydrogen-bond acceptors (Lipinski definition) is 2. The van der Waals surface area contributed by atoms with E-state index in [4.69, 9.17) is 0 Å². The number of piperazine rings is 1. The number of carbonyl (C=O) groups excluding carboxylic acids is 1. The standard InChI is InChI=1S/C26H32F4N2O/c1-24(2,3)18-14-19(25(4,5)6)16-20(15-18)31-9-11-32(12-10-31)23(33)17-7-8-22(27)21(13-17)26(28,29)30/h7-8,13-16H,9-12H2,1-6H3. The molecule has 2 aromatic rings. The molecule has 0 aliphatic carbocycles. The predicted molar refractivity (Wildman–Crippen MR) is 123 cm³/mol. The third-order valence-corrected chi connectivity index (χ3v) is 6.10. The lowest BCUT2D eigenvalue weighted by atomic mass is 9.80. The molecule has 0 aromatic heterocycles. The zero-order valence-corrected chi connectivity index (χ0v) is 20.1. The molecule has 1 amide bonds. The minimum Gasteiger partial charge on any atom is -0.368 e. The van der Waals surface area contributed by atoms with Gasteiger partial charge >= 0.3 is 6.18 Å². The van der Waals surface area contributed by atoms with Gasteiger partial charge in [-0.05, 0) is 52.3 Å². The molecule has 3 rings (SSSR count). The van der Waals surface area contributed by atoms with Crippen molar-refractivity contribution >= 4 is 11.6 Å². The average molecular weight is 465 g/mol. The smallest absolute Gasteiger partial charge is 0.368 e. The van der Waals surface area contributed by atoms with Gasteiger partial charge in [-0.3, -0.25) is 4.79 Å². The van der Waals surface area contributed by atoms with E-state index in [1.807, 2.05) is 0 Å². The van der Waals surface area contributed by atoms with Crippen LogP contribution in [0.15, 0.2) is 36.4 Å². The van der Waals surface area contributed by atoms with Gasteiger partial charge in [-0.1, -0.05) is 47.6 Å². The lowest BCUT2D eigenvalue weighted by Crippen LogP contribution is -2.49. The summed E-state index contributed by atoms with van der Waals surface area (Å²) in [6, 6.07) is 9.03. The fourth-order valence-electron chi connectivity index (χ4n) is 3.89. The molecule has 0 saturated carbocycles. The van der Waals surface area contributed by atoms with Crippen molar-refractivity contribution in [3.05, 3.63) is 64.5 Å². The number of amides is 1. The first kappa shape index (κ1) is 25.1. The van der Waals surface area contributed by atoms with Crippen LogP contribution in [0.3, 0.4) is 0 Å². The Kier molecular flexibility index (Phi) is 6.57. The van der Waals surface area contributed by atoms with Crippen LogP contribution in [0.25, 0.3) is 0 Å². The molecule has 0 bridgehead atoms. The van der Waals surface area contributed by atoms with Gasteiger partial charge in [0.05, 0.1) is 5.56 Å². The topological polar surface area (TPSA) is 23.6 Å². The normalized spacial score (nSPS) is 15.7. The summed E-state index contributed by atoms with van der Waals surface area (Å²) in [4.78, 5) is 16.6. The molecule has 1 aliphatic rings. The molecule has 2 aromatic carbocycles. The largest absolute Gasteiger partial charge is 0.419 e. The molecule has 3 nitrogen and oxygen atoms in total. The Hall–Kier alpha value is -2.57. The lowest BCUT2D eigenvalue weighted by Gasteiger charge is -2.37. The number of hydrogen-bond donors (Lipinski definition) is 0. The Labute approximate surface area is 193 Å². The molecular formula is C26H32F4N2O. The summed E-state index contributed by atoms with van der Waals surface area (Å²) in [5, 5.41) is 0. The second kappa shape index (κ2) is 8.65. The van der Waals surface area contributed by atoms with Crippen LogP contribution in [-0.4, -0.2) is 37.0 Å². The second-order valence-corrected chi connectivity index (χ2v) is 10.7. The average Bonchev–Trinajstić information content (AvgIpc) is 2.71. The maximum atomic E-state index is 13.6. The van der Waals surface area contributed by atoms with Gasteiger partial charge in [0, 0.05) is 37.4 Å². The molecule has 33 heavy (non-hydrogen) atoms. The Morgan fingerprint density at radius 2 is 1.30 bits per heavy atom. The van der Waals surface area contributed by atoms with E-state index in [2.05, 4.69) is 64.6 Å². The van der Waals surface area contributed by atoms with E-state index in [1.54, 1.807) is 0 Å². The summed E-state index contributed by atoms with van der Waals surface area (Å²) in [5.41, 5.74) is 1.94. The van der Waals surface area contributed by atoms with E-state index < -0.39 is 23.5 Å². The van der Waals surface area contributed by atoms with Crippen molar-refractivity contribution in [1.29, 1.82) is 0 Å². The van der Waals surface area contributed by atoms with Crippen molar-refractivity contribution in [1.82, 2.24) is 4.90 Å². The molecule has 0 unspecified atom stereocenters. The van der Waals surface area contributed by atoms with Crippen LogP contribution in [0.5, 0.6) is 0 Å². The molecule has 1 heterocycles. The highest BCUT2D eigenvalue weighted by Gasteiger charge is 2.35. The monoisotopic (exact) mass is 464 g/mol. The minimum atomic E-state index is -4.85. The van der Waals surface area contributed by atoms with Crippen molar-refractivity contribution in [2.75, 3.05) is 31.1 Å². The number of nitrogens with zero attached hydrogens (tertiary/aromatic N) is 2. The molecule has 0 radical (unpaired) electrons. The van der Waals surface area contributed by atoms with Crippen LogP contribution in [-0.2, 0) is 17.0 Å². The van der Waals surface area contributed by atoms with E-state index in [-0.39, 0.29) is 16.4 Å². The first-order chi connectivity index (χ1) is 15.1. The zero-order chi connectivity index (χ0) is 24.8. The van der Waals surface area contributed by atoms with Crippen LogP contribution in [0.4, 0.5) is 23.2 Å². The Morgan fingerprint density at radius 3 is 1.76 bits per heavy atom. The summed E-state index contributed by atoms with van der Waals surface area (Å²) in [6.07, 6.45) is -4.85. The summed E-state index contributed by atoms with van der Waals surface area (Å²) < 4.78 is 52.7. The zero-order valence-electron chi connectivity index (χ0n) is 20.1. The molecule has 1 saturated heterocycles. The number of anilines is 1. The van der Waals surface area contributed by atoms with Crippen LogP contribution in [0, 0.1) is 5.82 Å². The first-order valence-corrected chi connectivity index (χ1v) is 11.1. The van der Waals surface area contributed by atoms with Crippen molar-refractivity contribution in [3.63, 3.8) is 0 Å². The molecular weight excluding hydrogens is 432 g/mol. The highest BCUT2D eigenvalue weighted by atomic mass is 19.4. The minimum absolute atomic E-state index is 0.0213. The number of rotatable bonds is 2. The third-order valence-electron chi connectivity index (χ3n) is 6.10. The van der Waals surface area contributed by atoms with Crippen molar-refractivity contribution in [3.8, 4) is 0 Å². The molecule has 0 atom stereocenters. The molecule has 1 aliphatic heterocycles. The first-order valence-electron chi connectivity index (χ1n) is 11.1. The predicted octanol–water partition coefficient (Wildman–Crippen LogP) is 6.40. The van der Waals surface area contributed by atoms with E-state index in [0.717, 1.165) is 11.8 Å². The van der Waals surface area contributed by atoms with E-state index in [1.165, 1.54) is 16.0 Å². The van der Waals surface area contributed by atoms with E-state index in [9.17, 15) is 22.4 Å². The molecule has 1 fully saturated rings. The van der Waals surface area contributed by atoms with Crippen LogP contribution in [0.2, 0.25) is 0 Å². The molecule has 0 spiro atoms. The summed E-state index contributed by atoms with van der Waals surface area (Å²) >= 11 is 0. The fraction of sp³-hybridized carbons (Fsp3) is 0.500. The van der Waals surface area contributed by atoms with Crippen molar-refractivity contribution < 1.29 is 22.4 Å². The van der Waals surface area contributed by atoms with E-state index in [0.29, 0.717) is 38.3 Å². The SMILES string of the molecule is CC(C)(C)c1cc(N2CCN(C(=O)c3ccc(F)c(C(F)(F)F)c3)CC2)cc(C(C)(C)C)c1. The van der Waals surface area contributed by atoms with Gasteiger partial charge in [0.15, 0.2) is 0 Å². The summed E-state index contributed by atoms with van der Waals surface area (Å²) in [6.45, 7) is 14.9. The second-order valence-electron chi connectivity index (χ2n) is 10.7. The summed E-state index contributed by atoms with van der Waals surface area (Å²) in [5.74, 6) is -1.89. The number of carbonyl (C=O) groups is 1. The Bertz CT molecular complexity index is 992. The van der Waals surface area contributed by atoms with Gasteiger partial charge in [0.25, 0.3) is 5.91 Å². The maximum absolute atomic E-state index is 13.6. The highest BCUT2D eigenvalue weighted by Crippen LogP contribution is 2.34. The van der Waals surface area contributed by atoms with Gasteiger partial charge in [0.2, 0.25) is 0 Å². The number of alkyl halides is 3. The maximum Gasteiger partial charge on any atom is 0.419 e. The molecule has 0 N–H and O–H groups in total. The highest BCUT2D eigenvalue weighted by molar-refractivity contribution is 5.94. The van der Waals surface area contributed by atoms with Crippen LogP contribution >= 0.6 is 0 Å². The Balaban J connectivity index is 1.80. The quantitative estimate of drug-likeness (QED) is 0.480. The van der Waals surface area contributed by atoms with Gasteiger partial charge < -0.3 is 9.80 Å². The third kappa shape index (κ3) is 5.68. The van der Waals surface area contributed by atoms with Gasteiger partial charge in [-0.2, -0.15) is 13.2 Å². The number of benzene rings is 2. The van der Waals surface area contributed by atoms with Crippen molar-refractivity contribution in [2.24, 2.45) is 0 Å². The summed E-state index contributed by atoms with van der Waals surface area (Å²) in [7, 11) is 0. The Morgan fingerprint density at radius 1 is 0.788 bits per heavy atom. The van der Waals surface area contributed by atoms with Gasteiger partial charge in [-0.15, -0.1) is 0 Å². The van der Waals surface area contributed by atoms with E-state index >= 15 is 0 Å². The molecule has 180 valence electrons.